The van der Waals surface area contributed by atoms with E-state index in [4.69, 9.17) is 22.1 Å². The van der Waals surface area contributed by atoms with Gasteiger partial charge < -0.3 is 15.0 Å². The molecule has 0 unspecified atom stereocenters. The number of nitrogens with zero attached hydrogens (tertiary/aromatic N) is 2. The van der Waals surface area contributed by atoms with Crippen molar-refractivity contribution in [3.8, 4) is 5.75 Å². The van der Waals surface area contributed by atoms with Crippen LogP contribution in [0.2, 0.25) is 5.02 Å². The number of ether oxygens (including phenoxy) is 1. The SMILES string of the molecule is COc1cc(Cl)c(C)cc1NS(=O)(=O)c1c(N)ncn1C. The number of benzene rings is 1. The predicted molar refractivity (Wildman–Crippen MR) is 81.2 cm³/mol. The van der Waals surface area contributed by atoms with Crippen LogP contribution >= 0.6 is 11.6 Å². The summed E-state index contributed by atoms with van der Waals surface area (Å²) in [6, 6.07) is 3.13. The highest BCUT2D eigenvalue weighted by Crippen LogP contribution is 2.32. The summed E-state index contributed by atoms with van der Waals surface area (Å²) in [7, 11) is -0.919. The monoisotopic (exact) mass is 330 g/mol. The first-order valence-corrected chi connectivity index (χ1v) is 7.76. The fraction of sp³-hybridized carbons (Fsp3) is 0.250. The second kappa shape index (κ2) is 5.45. The highest BCUT2D eigenvalue weighted by atomic mass is 35.5. The molecule has 114 valence electrons. The summed E-state index contributed by atoms with van der Waals surface area (Å²) in [5, 5.41) is 0.368. The van der Waals surface area contributed by atoms with Crippen molar-refractivity contribution in [2.75, 3.05) is 17.6 Å². The number of nitrogen functional groups attached to an aromatic ring is 1. The van der Waals surface area contributed by atoms with Gasteiger partial charge in [-0.05, 0) is 18.6 Å². The topological polar surface area (TPSA) is 99.2 Å². The molecule has 1 aromatic carbocycles. The second-order valence-corrected chi connectivity index (χ2v) is 6.46. The Morgan fingerprint density at radius 3 is 2.62 bits per heavy atom. The van der Waals surface area contributed by atoms with Crippen LogP contribution in [0, 0.1) is 6.92 Å². The quantitative estimate of drug-likeness (QED) is 0.890. The highest BCUT2D eigenvalue weighted by Gasteiger charge is 2.24. The van der Waals surface area contributed by atoms with E-state index in [0.717, 1.165) is 0 Å². The zero-order valence-electron chi connectivity index (χ0n) is 11.7. The first-order chi connectivity index (χ1) is 9.76. The number of halogens is 1. The van der Waals surface area contributed by atoms with Gasteiger partial charge in [-0.3, -0.25) is 4.72 Å². The summed E-state index contributed by atoms with van der Waals surface area (Å²) in [6.07, 6.45) is 1.33. The lowest BCUT2D eigenvalue weighted by molar-refractivity contribution is 0.417. The molecule has 0 amide bonds. The molecular formula is C12H15ClN4O3S. The third-order valence-corrected chi connectivity index (χ3v) is 4.79. The van der Waals surface area contributed by atoms with Gasteiger partial charge in [0, 0.05) is 18.1 Å². The van der Waals surface area contributed by atoms with Crippen molar-refractivity contribution in [2.45, 2.75) is 11.9 Å². The maximum Gasteiger partial charge on any atom is 0.281 e. The lowest BCUT2D eigenvalue weighted by Crippen LogP contribution is -2.18. The number of hydrogen-bond acceptors (Lipinski definition) is 5. The predicted octanol–water partition coefficient (Wildman–Crippen LogP) is 1.77. The van der Waals surface area contributed by atoms with Gasteiger partial charge in [0.15, 0.2) is 10.8 Å². The number of sulfonamides is 1. The summed E-state index contributed by atoms with van der Waals surface area (Å²) in [5.41, 5.74) is 6.60. The van der Waals surface area contributed by atoms with Crippen LogP contribution in [0.25, 0.3) is 0 Å². The molecule has 3 N–H and O–H groups in total. The molecule has 0 bridgehead atoms. The number of rotatable bonds is 4. The zero-order valence-corrected chi connectivity index (χ0v) is 13.3. The van der Waals surface area contributed by atoms with Crippen molar-refractivity contribution in [3.05, 3.63) is 29.0 Å². The molecule has 0 aliphatic heterocycles. The van der Waals surface area contributed by atoms with E-state index in [2.05, 4.69) is 9.71 Å². The number of aryl methyl sites for hydroxylation is 2. The summed E-state index contributed by atoms with van der Waals surface area (Å²) in [5.74, 6) is 0.240. The number of methoxy groups -OCH3 is 1. The minimum Gasteiger partial charge on any atom is -0.495 e. The molecule has 1 aromatic heterocycles. The van der Waals surface area contributed by atoms with E-state index < -0.39 is 10.0 Å². The van der Waals surface area contributed by atoms with Gasteiger partial charge in [-0.15, -0.1) is 0 Å². The van der Waals surface area contributed by atoms with Gasteiger partial charge in [-0.2, -0.15) is 8.42 Å². The number of imidazole rings is 1. The van der Waals surface area contributed by atoms with Crippen molar-refractivity contribution in [1.29, 1.82) is 0 Å². The average molecular weight is 331 g/mol. The fourth-order valence-corrected chi connectivity index (χ4v) is 3.32. The van der Waals surface area contributed by atoms with Crippen LogP contribution in [0.5, 0.6) is 5.75 Å². The Morgan fingerprint density at radius 1 is 1.43 bits per heavy atom. The van der Waals surface area contributed by atoms with E-state index in [-0.39, 0.29) is 16.5 Å². The molecule has 1 heterocycles. The molecule has 0 saturated carbocycles. The molecule has 0 fully saturated rings. The minimum absolute atomic E-state index is 0.0744. The van der Waals surface area contributed by atoms with Gasteiger partial charge in [0.2, 0.25) is 0 Å². The van der Waals surface area contributed by atoms with Crippen LogP contribution in [0.3, 0.4) is 0 Å². The molecular weight excluding hydrogens is 316 g/mol. The third-order valence-electron chi connectivity index (χ3n) is 2.89. The van der Waals surface area contributed by atoms with Crippen LogP contribution in [0.1, 0.15) is 5.56 Å². The normalized spacial score (nSPS) is 11.4. The molecule has 0 aliphatic rings. The van der Waals surface area contributed by atoms with E-state index in [1.807, 2.05) is 0 Å². The van der Waals surface area contributed by atoms with Gasteiger partial charge in [0.05, 0.1) is 19.1 Å². The summed E-state index contributed by atoms with van der Waals surface area (Å²) in [6.45, 7) is 1.76. The molecule has 0 radical (unpaired) electrons. The first kappa shape index (κ1) is 15.5. The molecule has 0 spiro atoms. The Balaban J connectivity index is 2.49. The van der Waals surface area contributed by atoms with Crippen molar-refractivity contribution < 1.29 is 13.2 Å². The van der Waals surface area contributed by atoms with Crippen LogP contribution in [-0.4, -0.2) is 25.1 Å². The number of hydrogen-bond donors (Lipinski definition) is 2. The largest absolute Gasteiger partial charge is 0.495 e. The van der Waals surface area contributed by atoms with E-state index >= 15 is 0 Å². The van der Waals surface area contributed by atoms with Crippen molar-refractivity contribution in [1.82, 2.24) is 9.55 Å². The third kappa shape index (κ3) is 2.91. The Hall–Kier alpha value is -1.93. The standard InChI is InChI=1S/C12H15ClN4O3S/c1-7-4-9(10(20-3)5-8(7)13)16-21(18,19)12-11(14)15-6-17(12)2/h4-6,16H,14H2,1-3H3. The molecule has 21 heavy (non-hydrogen) atoms. The zero-order chi connectivity index (χ0) is 15.8. The number of nitrogens with two attached hydrogens (primary N) is 1. The fourth-order valence-electron chi connectivity index (χ4n) is 1.87. The van der Waals surface area contributed by atoms with E-state index in [1.165, 1.54) is 18.0 Å². The van der Waals surface area contributed by atoms with Crippen LogP contribution in [-0.2, 0) is 17.1 Å². The maximum absolute atomic E-state index is 12.4. The second-order valence-electron chi connectivity index (χ2n) is 4.45. The van der Waals surface area contributed by atoms with Gasteiger partial charge in [-0.25, -0.2) is 4.98 Å². The Morgan fingerprint density at radius 2 is 2.10 bits per heavy atom. The molecule has 0 aliphatic carbocycles. The van der Waals surface area contributed by atoms with E-state index in [0.29, 0.717) is 16.3 Å². The lowest BCUT2D eigenvalue weighted by Gasteiger charge is -2.14. The van der Waals surface area contributed by atoms with Crippen LogP contribution in [0.4, 0.5) is 11.5 Å². The lowest BCUT2D eigenvalue weighted by atomic mass is 10.2. The molecule has 0 atom stereocenters. The summed E-state index contributed by atoms with van der Waals surface area (Å²) < 4.78 is 33.8. The molecule has 2 aromatic rings. The molecule has 0 saturated heterocycles. The highest BCUT2D eigenvalue weighted by molar-refractivity contribution is 7.92. The van der Waals surface area contributed by atoms with Crippen molar-refractivity contribution in [2.24, 2.45) is 7.05 Å². The van der Waals surface area contributed by atoms with Crippen molar-refractivity contribution in [3.63, 3.8) is 0 Å². The van der Waals surface area contributed by atoms with Crippen molar-refractivity contribution >= 4 is 33.1 Å². The summed E-state index contributed by atoms with van der Waals surface area (Å²) >= 11 is 5.99. The number of aromatic nitrogens is 2. The Kier molecular flexibility index (Phi) is 4.02. The Bertz CT molecular complexity index is 767. The van der Waals surface area contributed by atoms with Gasteiger partial charge in [0.1, 0.15) is 5.75 Å². The van der Waals surface area contributed by atoms with E-state index in [1.54, 1.807) is 26.1 Å². The first-order valence-electron chi connectivity index (χ1n) is 5.90. The van der Waals surface area contributed by atoms with Gasteiger partial charge in [0.25, 0.3) is 10.0 Å². The van der Waals surface area contributed by atoms with Gasteiger partial charge in [-0.1, -0.05) is 11.6 Å². The average Bonchev–Trinajstić information content (AvgIpc) is 2.73. The van der Waals surface area contributed by atoms with Crippen LogP contribution in [0.15, 0.2) is 23.5 Å². The smallest absolute Gasteiger partial charge is 0.281 e. The van der Waals surface area contributed by atoms with Gasteiger partial charge >= 0.3 is 0 Å². The Labute approximate surface area is 127 Å². The molecule has 9 heteroatoms. The molecule has 2 rings (SSSR count). The minimum atomic E-state index is -3.89. The molecule has 7 nitrogen and oxygen atoms in total. The van der Waals surface area contributed by atoms with E-state index in [9.17, 15) is 8.42 Å². The summed E-state index contributed by atoms with van der Waals surface area (Å²) in [4.78, 5) is 3.77. The number of nitrogens with one attached hydrogen (secondary N) is 1. The van der Waals surface area contributed by atoms with Crippen LogP contribution < -0.4 is 15.2 Å². The number of anilines is 2. The maximum atomic E-state index is 12.4.